The van der Waals surface area contributed by atoms with Crippen molar-refractivity contribution in [3.8, 4) is 5.75 Å². The Bertz CT molecular complexity index is 406. The summed E-state index contributed by atoms with van der Waals surface area (Å²) in [6.45, 7) is 2.23. The van der Waals surface area contributed by atoms with Crippen molar-refractivity contribution in [3.63, 3.8) is 0 Å². The van der Waals surface area contributed by atoms with Gasteiger partial charge in [0.2, 0.25) is 0 Å². The second-order valence-electron chi connectivity index (χ2n) is 5.41. The summed E-state index contributed by atoms with van der Waals surface area (Å²) in [5.41, 5.74) is 2.97. The highest BCUT2D eigenvalue weighted by atomic mass is 16.5. The van der Waals surface area contributed by atoms with E-state index in [-0.39, 0.29) is 0 Å². The summed E-state index contributed by atoms with van der Waals surface area (Å²) in [6, 6.07) is 7.10. The van der Waals surface area contributed by atoms with E-state index in [9.17, 15) is 0 Å². The van der Waals surface area contributed by atoms with Crippen LogP contribution in [0.25, 0.3) is 0 Å². The summed E-state index contributed by atoms with van der Waals surface area (Å²) in [4.78, 5) is 2.49. The van der Waals surface area contributed by atoms with Crippen molar-refractivity contribution in [2.75, 3.05) is 34.3 Å². The molecule has 0 heterocycles. The average Bonchev–Trinajstić information content (AvgIpc) is 2.46. The molecule has 0 aromatic heterocycles. The molecule has 3 nitrogen and oxygen atoms in total. The number of ether oxygens (including phenoxy) is 1. The largest absolute Gasteiger partial charge is 0.497 e. The van der Waals surface area contributed by atoms with Gasteiger partial charge in [-0.1, -0.05) is 6.07 Å². The zero-order valence-electron chi connectivity index (χ0n) is 12.4. The minimum Gasteiger partial charge on any atom is -0.497 e. The Labute approximate surface area is 116 Å². The second-order valence-corrected chi connectivity index (χ2v) is 5.41. The lowest BCUT2D eigenvalue weighted by Gasteiger charge is -2.33. The average molecular weight is 262 g/mol. The van der Waals surface area contributed by atoms with E-state index >= 15 is 0 Å². The fraction of sp³-hybridized carbons (Fsp3) is 0.625. The summed E-state index contributed by atoms with van der Waals surface area (Å²) in [5.74, 6) is 0.981. The first-order chi connectivity index (χ1) is 9.26. The Morgan fingerprint density at radius 2 is 2.26 bits per heavy atom. The molecule has 0 saturated heterocycles. The Kier molecular flexibility index (Phi) is 5.23. The van der Waals surface area contributed by atoms with Crippen LogP contribution in [0, 0.1) is 0 Å². The van der Waals surface area contributed by atoms with Gasteiger partial charge in [0.1, 0.15) is 5.75 Å². The summed E-state index contributed by atoms with van der Waals surface area (Å²) < 4.78 is 5.38. The van der Waals surface area contributed by atoms with Crippen LogP contribution in [0.3, 0.4) is 0 Å². The molecule has 3 heteroatoms. The molecule has 0 amide bonds. The highest BCUT2D eigenvalue weighted by molar-refractivity contribution is 5.39. The van der Waals surface area contributed by atoms with Gasteiger partial charge in [-0.25, -0.2) is 0 Å². The van der Waals surface area contributed by atoms with Crippen molar-refractivity contribution >= 4 is 0 Å². The molecule has 0 saturated carbocycles. The molecule has 2 rings (SSSR count). The van der Waals surface area contributed by atoms with Crippen LogP contribution in [0.15, 0.2) is 18.2 Å². The van der Waals surface area contributed by atoms with Gasteiger partial charge in [-0.15, -0.1) is 0 Å². The van der Waals surface area contributed by atoms with Crippen LogP contribution in [-0.2, 0) is 6.42 Å². The SMILES string of the molecule is CNCCCN(C)C1CCCc2ccc(OC)cc21. The van der Waals surface area contributed by atoms with E-state index in [1.807, 2.05) is 7.05 Å². The maximum Gasteiger partial charge on any atom is 0.119 e. The zero-order valence-corrected chi connectivity index (χ0v) is 12.4. The highest BCUT2D eigenvalue weighted by Crippen LogP contribution is 2.35. The van der Waals surface area contributed by atoms with Crippen molar-refractivity contribution in [1.29, 1.82) is 0 Å². The molecule has 1 aliphatic rings. The van der Waals surface area contributed by atoms with E-state index in [1.165, 1.54) is 36.8 Å². The topological polar surface area (TPSA) is 24.5 Å². The van der Waals surface area contributed by atoms with Gasteiger partial charge >= 0.3 is 0 Å². The third-order valence-corrected chi connectivity index (χ3v) is 4.11. The van der Waals surface area contributed by atoms with Crippen molar-refractivity contribution in [1.82, 2.24) is 10.2 Å². The van der Waals surface area contributed by atoms with Crippen LogP contribution < -0.4 is 10.1 Å². The van der Waals surface area contributed by atoms with E-state index in [0.717, 1.165) is 18.8 Å². The first-order valence-corrected chi connectivity index (χ1v) is 7.28. The Balaban J connectivity index is 2.11. The number of benzene rings is 1. The van der Waals surface area contributed by atoms with E-state index in [0.29, 0.717) is 6.04 Å². The van der Waals surface area contributed by atoms with Crippen LogP contribution in [0.5, 0.6) is 5.75 Å². The lowest BCUT2D eigenvalue weighted by Crippen LogP contribution is -2.30. The predicted octanol–water partition coefficient (Wildman–Crippen LogP) is 2.61. The predicted molar refractivity (Wildman–Crippen MR) is 79.8 cm³/mol. The van der Waals surface area contributed by atoms with Gasteiger partial charge in [-0.3, -0.25) is 4.90 Å². The smallest absolute Gasteiger partial charge is 0.119 e. The summed E-state index contributed by atoms with van der Waals surface area (Å²) in [7, 11) is 6.01. The molecule has 1 aromatic carbocycles. The normalized spacial score (nSPS) is 18.4. The molecule has 0 aliphatic heterocycles. The van der Waals surface area contributed by atoms with E-state index < -0.39 is 0 Å². The van der Waals surface area contributed by atoms with Gasteiger partial charge in [-0.05, 0) is 76.1 Å². The number of methoxy groups -OCH3 is 1. The van der Waals surface area contributed by atoms with Crippen molar-refractivity contribution in [2.45, 2.75) is 31.7 Å². The van der Waals surface area contributed by atoms with Crippen molar-refractivity contribution in [2.24, 2.45) is 0 Å². The molecule has 0 fully saturated rings. The number of nitrogens with one attached hydrogen (secondary N) is 1. The van der Waals surface area contributed by atoms with Gasteiger partial charge in [0.15, 0.2) is 0 Å². The number of nitrogens with zero attached hydrogens (tertiary/aromatic N) is 1. The number of hydrogen-bond acceptors (Lipinski definition) is 3. The van der Waals surface area contributed by atoms with Gasteiger partial charge in [0.05, 0.1) is 7.11 Å². The lowest BCUT2D eigenvalue weighted by molar-refractivity contribution is 0.218. The number of hydrogen-bond donors (Lipinski definition) is 1. The summed E-state index contributed by atoms with van der Waals surface area (Å²) in [6.07, 6.45) is 4.96. The molecule has 19 heavy (non-hydrogen) atoms. The standard InChI is InChI=1S/C16H26N2O/c1-17-10-5-11-18(2)16-7-4-6-13-8-9-14(19-3)12-15(13)16/h8-9,12,16-17H,4-7,10-11H2,1-3H3. The van der Waals surface area contributed by atoms with E-state index in [2.05, 4.69) is 35.5 Å². The monoisotopic (exact) mass is 262 g/mol. The molecule has 1 atom stereocenters. The first kappa shape index (κ1) is 14.4. The molecule has 1 unspecified atom stereocenters. The van der Waals surface area contributed by atoms with Crippen LogP contribution >= 0.6 is 0 Å². The first-order valence-electron chi connectivity index (χ1n) is 7.28. The zero-order chi connectivity index (χ0) is 13.7. The summed E-state index contributed by atoms with van der Waals surface area (Å²) >= 11 is 0. The fourth-order valence-corrected chi connectivity index (χ4v) is 3.00. The fourth-order valence-electron chi connectivity index (χ4n) is 3.00. The molecule has 1 N–H and O–H groups in total. The van der Waals surface area contributed by atoms with Crippen molar-refractivity contribution < 1.29 is 4.74 Å². The minimum atomic E-state index is 0.552. The van der Waals surface area contributed by atoms with Crippen LogP contribution in [0.2, 0.25) is 0 Å². The maximum atomic E-state index is 5.38. The number of rotatable bonds is 6. The Morgan fingerprint density at radius 3 is 3.00 bits per heavy atom. The Hall–Kier alpha value is -1.06. The molecule has 106 valence electrons. The van der Waals surface area contributed by atoms with E-state index in [1.54, 1.807) is 7.11 Å². The van der Waals surface area contributed by atoms with Gasteiger partial charge in [0, 0.05) is 6.04 Å². The molecule has 0 spiro atoms. The number of fused-ring (bicyclic) bond motifs is 1. The van der Waals surface area contributed by atoms with Gasteiger partial charge in [0.25, 0.3) is 0 Å². The second kappa shape index (κ2) is 6.92. The van der Waals surface area contributed by atoms with Crippen molar-refractivity contribution in [3.05, 3.63) is 29.3 Å². The third kappa shape index (κ3) is 3.48. The molecule has 0 bridgehead atoms. The van der Waals surface area contributed by atoms with Crippen LogP contribution in [0.4, 0.5) is 0 Å². The van der Waals surface area contributed by atoms with Crippen LogP contribution in [0.1, 0.15) is 36.4 Å². The maximum absolute atomic E-state index is 5.38. The molecular weight excluding hydrogens is 236 g/mol. The van der Waals surface area contributed by atoms with Gasteiger partial charge in [-0.2, -0.15) is 0 Å². The minimum absolute atomic E-state index is 0.552. The van der Waals surface area contributed by atoms with Gasteiger partial charge < -0.3 is 10.1 Å². The molecule has 0 radical (unpaired) electrons. The quantitative estimate of drug-likeness (QED) is 0.798. The molecular formula is C16H26N2O. The Morgan fingerprint density at radius 1 is 1.42 bits per heavy atom. The van der Waals surface area contributed by atoms with E-state index in [4.69, 9.17) is 4.74 Å². The number of aryl methyl sites for hydroxylation is 1. The lowest BCUT2D eigenvalue weighted by atomic mass is 9.86. The molecule has 1 aromatic rings. The highest BCUT2D eigenvalue weighted by Gasteiger charge is 2.23. The third-order valence-electron chi connectivity index (χ3n) is 4.11. The summed E-state index contributed by atoms with van der Waals surface area (Å²) in [5, 5.41) is 3.22. The molecule has 1 aliphatic carbocycles. The van der Waals surface area contributed by atoms with Crippen LogP contribution in [-0.4, -0.2) is 39.2 Å².